The Morgan fingerprint density at radius 1 is 1.13 bits per heavy atom. The zero-order chi connectivity index (χ0) is 21.8. The van der Waals surface area contributed by atoms with Gasteiger partial charge in [-0.25, -0.2) is 0 Å². The smallest absolute Gasteiger partial charge is 0.270 e. The van der Waals surface area contributed by atoms with Crippen molar-refractivity contribution in [1.29, 1.82) is 0 Å². The molecule has 2 N–H and O–H groups in total. The molecule has 6 rings (SSSR count). The highest BCUT2D eigenvalue weighted by molar-refractivity contribution is 6.31. The van der Waals surface area contributed by atoms with Gasteiger partial charge in [0.15, 0.2) is 6.61 Å². The second kappa shape index (κ2) is 6.99. The lowest BCUT2D eigenvalue weighted by Crippen LogP contribution is -2.84. The van der Waals surface area contributed by atoms with Crippen molar-refractivity contribution in [3.05, 3.63) is 58.7 Å². The third-order valence-electron chi connectivity index (χ3n) is 6.27. The summed E-state index contributed by atoms with van der Waals surface area (Å²) in [6.07, 6.45) is 2.19. The van der Waals surface area contributed by atoms with Crippen LogP contribution in [0.15, 0.2) is 42.5 Å². The molecule has 0 radical (unpaired) electrons. The molecule has 3 aromatic rings. The summed E-state index contributed by atoms with van der Waals surface area (Å²) in [4.78, 5) is 25.3. The minimum atomic E-state index is -0.246. The molecule has 160 valence electrons. The SMILES string of the molecule is Cc1cc(OCC(=O)NC23CC(NC(=O)c4c5ccccc5nn4C)(C2)C3)ccc1Cl. The maximum absolute atomic E-state index is 12.9. The second-order valence-corrected chi connectivity index (χ2v) is 9.19. The van der Waals surface area contributed by atoms with Crippen LogP contribution in [0, 0.1) is 6.92 Å². The Morgan fingerprint density at radius 2 is 1.84 bits per heavy atom. The molecule has 3 aliphatic carbocycles. The number of benzene rings is 2. The first-order valence-electron chi connectivity index (χ1n) is 10.2. The fourth-order valence-corrected chi connectivity index (χ4v) is 5.07. The number of ether oxygens (including phenoxy) is 1. The van der Waals surface area contributed by atoms with E-state index in [0.717, 1.165) is 35.7 Å². The van der Waals surface area contributed by atoms with Crippen molar-refractivity contribution >= 4 is 34.3 Å². The van der Waals surface area contributed by atoms with E-state index >= 15 is 0 Å². The van der Waals surface area contributed by atoms with E-state index in [1.165, 1.54) is 0 Å². The van der Waals surface area contributed by atoms with E-state index in [0.29, 0.717) is 16.5 Å². The Hall–Kier alpha value is -3.06. The van der Waals surface area contributed by atoms with Gasteiger partial charge in [-0.2, -0.15) is 5.10 Å². The van der Waals surface area contributed by atoms with Crippen LogP contribution in [0.1, 0.15) is 35.3 Å². The number of nitrogens with one attached hydrogen (secondary N) is 2. The van der Waals surface area contributed by atoms with Crippen LogP contribution in [0.4, 0.5) is 0 Å². The van der Waals surface area contributed by atoms with Crippen LogP contribution in [0.25, 0.3) is 10.9 Å². The number of hydrogen-bond donors (Lipinski definition) is 2. The molecular formula is C23H23ClN4O3. The van der Waals surface area contributed by atoms with Crippen molar-refractivity contribution < 1.29 is 14.3 Å². The van der Waals surface area contributed by atoms with Crippen LogP contribution in [-0.4, -0.2) is 39.3 Å². The lowest BCUT2D eigenvalue weighted by Gasteiger charge is -2.70. The van der Waals surface area contributed by atoms with Crippen LogP contribution >= 0.6 is 11.6 Å². The molecule has 1 aromatic heterocycles. The molecule has 2 aromatic carbocycles. The molecule has 3 fully saturated rings. The number of nitrogens with zero attached hydrogens (tertiary/aromatic N) is 2. The highest BCUT2D eigenvalue weighted by Gasteiger charge is 2.69. The van der Waals surface area contributed by atoms with Crippen LogP contribution in [0.2, 0.25) is 5.02 Å². The first kappa shape index (κ1) is 19.9. The quantitative estimate of drug-likeness (QED) is 0.619. The molecule has 1 heterocycles. The fraction of sp³-hybridized carbons (Fsp3) is 0.348. The molecule has 0 aliphatic heterocycles. The predicted molar refractivity (Wildman–Crippen MR) is 117 cm³/mol. The van der Waals surface area contributed by atoms with Gasteiger partial charge in [0.2, 0.25) is 0 Å². The summed E-state index contributed by atoms with van der Waals surface area (Å²) in [5.74, 6) is 0.323. The highest BCUT2D eigenvalue weighted by atomic mass is 35.5. The van der Waals surface area contributed by atoms with Crippen LogP contribution in [0.5, 0.6) is 5.75 Å². The summed E-state index contributed by atoms with van der Waals surface area (Å²) in [5, 5.41) is 12.1. The number of aromatic nitrogens is 2. The van der Waals surface area contributed by atoms with Gasteiger partial charge in [0.1, 0.15) is 11.4 Å². The molecule has 0 saturated heterocycles. The van der Waals surface area contributed by atoms with E-state index < -0.39 is 0 Å². The van der Waals surface area contributed by atoms with Gasteiger partial charge in [-0.1, -0.05) is 29.8 Å². The van der Waals surface area contributed by atoms with Gasteiger partial charge in [0.05, 0.1) is 5.52 Å². The van der Waals surface area contributed by atoms with E-state index in [1.54, 1.807) is 23.9 Å². The van der Waals surface area contributed by atoms with Gasteiger partial charge in [-0.3, -0.25) is 14.3 Å². The number of hydrogen-bond acceptors (Lipinski definition) is 4. The number of carbonyl (C=O) groups excluding carboxylic acids is 2. The Kier molecular flexibility index (Phi) is 4.48. The van der Waals surface area contributed by atoms with Gasteiger partial charge in [0, 0.05) is 28.5 Å². The first-order chi connectivity index (χ1) is 14.8. The molecule has 2 bridgehead atoms. The van der Waals surface area contributed by atoms with Gasteiger partial charge >= 0.3 is 0 Å². The van der Waals surface area contributed by atoms with Crippen molar-refractivity contribution in [2.45, 2.75) is 37.3 Å². The van der Waals surface area contributed by atoms with Gasteiger partial charge in [-0.15, -0.1) is 0 Å². The normalized spacial score (nSPS) is 23.6. The standard InChI is InChI=1S/C23H23ClN4O3/c1-14-9-15(7-8-17(14)24)31-10-19(29)25-22-11-23(12-22,13-22)26-21(30)20-16-5-3-4-6-18(16)27-28(20)2/h3-9H,10-13H2,1-2H3,(H,25,29)(H,26,30). The molecule has 3 aliphatic rings. The highest BCUT2D eigenvalue weighted by Crippen LogP contribution is 2.60. The minimum Gasteiger partial charge on any atom is -0.484 e. The van der Waals surface area contributed by atoms with Gasteiger partial charge in [0.25, 0.3) is 11.8 Å². The third kappa shape index (κ3) is 3.43. The molecule has 0 atom stereocenters. The van der Waals surface area contributed by atoms with Crippen molar-refractivity contribution in [2.24, 2.45) is 7.05 Å². The zero-order valence-corrected chi connectivity index (χ0v) is 18.1. The number of rotatable bonds is 6. The van der Waals surface area contributed by atoms with Crippen molar-refractivity contribution in [2.75, 3.05) is 6.61 Å². The Labute approximate surface area is 184 Å². The summed E-state index contributed by atoms with van der Waals surface area (Å²) in [7, 11) is 1.78. The monoisotopic (exact) mass is 438 g/mol. The van der Waals surface area contributed by atoms with E-state index in [-0.39, 0.29) is 29.5 Å². The van der Waals surface area contributed by atoms with Gasteiger partial charge < -0.3 is 15.4 Å². The molecule has 0 spiro atoms. The Bertz CT molecular complexity index is 1200. The molecule has 2 amide bonds. The molecule has 31 heavy (non-hydrogen) atoms. The largest absolute Gasteiger partial charge is 0.484 e. The van der Waals surface area contributed by atoms with Crippen LogP contribution < -0.4 is 15.4 Å². The first-order valence-corrected chi connectivity index (χ1v) is 10.6. The molecule has 0 unspecified atom stereocenters. The summed E-state index contributed by atoms with van der Waals surface area (Å²) >= 11 is 6.01. The summed E-state index contributed by atoms with van der Waals surface area (Å²) in [5.41, 5.74) is 1.78. The fourth-order valence-electron chi connectivity index (χ4n) is 4.96. The number of carbonyl (C=O) groups is 2. The predicted octanol–water partition coefficient (Wildman–Crippen LogP) is 3.14. The van der Waals surface area contributed by atoms with E-state index in [2.05, 4.69) is 15.7 Å². The number of aryl methyl sites for hydroxylation is 2. The van der Waals surface area contributed by atoms with Crippen molar-refractivity contribution in [3.63, 3.8) is 0 Å². The minimum absolute atomic E-state index is 0.0524. The maximum Gasteiger partial charge on any atom is 0.270 e. The van der Waals surface area contributed by atoms with E-state index in [1.807, 2.05) is 37.3 Å². The topological polar surface area (TPSA) is 85.2 Å². The number of fused-ring (bicyclic) bond motifs is 1. The summed E-state index contributed by atoms with van der Waals surface area (Å²) in [6.45, 7) is 1.84. The lowest BCUT2D eigenvalue weighted by atomic mass is 9.44. The van der Waals surface area contributed by atoms with E-state index in [4.69, 9.17) is 16.3 Å². The van der Waals surface area contributed by atoms with Gasteiger partial charge in [-0.05, 0) is 56.0 Å². The molecule has 8 heteroatoms. The van der Waals surface area contributed by atoms with Crippen molar-refractivity contribution in [3.8, 4) is 5.75 Å². The number of halogens is 1. The summed E-state index contributed by atoms with van der Waals surface area (Å²) < 4.78 is 7.20. The third-order valence-corrected chi connectivity index (χ3v) is 6.69. The average molecular weight is 439 g/mol. The maximum atomic E-state index is 12.9. The zero-order valence-electron chi connectivity index (χ0n) is 17.4. The number of amides is 2. The Morgan fingerprint density at radius 3 is 2.58 bits per heavy atom. The van der Waals surface area contributed by atoms with E-state index in [9.17, 15) is 9.59 Å². The molecular weight excluding hydrogens is 416 g/mol. The molecule has 7 nitrogen and oxygen atoms in total. The molecule has 3 saturated carbocycles. The average Bonchev–Trinajstić information content (AvgIpc) is 3.02. The second-order valence-electron chi connectivity index (χ2n) is 8.78. The van der Waals surface area contributed by atoms with Crippen LogP contribution in [0.3, 0.4) is 0 Å². The summed E-state index contributed by atoms with van der Waals surface area (Å²) in [6, 6.07) is 12.9. The Balaban J connectivity index is 1.15. The lowest BCUT2D eigenvalue weighted by molar-refractivity contribution is -0.141. The van der Waals surface area contributed by atoms with Crippen molar-refractivity contribution in [1.82, 2.24) is 20.4 Å². The van der Waals surface area contributed by atoms with Crippen LogP contribution in [-0.2, 0) is 11.8 Å².